The van der Waals surface area contributed by atoms with Crippen molar-refractivity contribution < 1.29 is 9.53 Å². The lowest BCUT2D eigenvalue weighted by atomic mass is 9.87. The van der Waals surface area contributed by atoms with E-state index in [1.165, 1.54) is 16.3 Å². The van der Waals surface area contributed by atoms with Gasteiger partial charge in [-0.1, -0.05) is 36.8 Å². The minimum Gasteiger partial charge on any atom is -0.487 e. The summed E-state index contributed by atoms with van der Waals surface area (Å²) in [5.74, 6) is 3.59. The Morgan fingerprint density at radius 1 is 1.24 bits per heavy atom. The molecule has 5 atom stereocenters. The third kappa shape index (κ3) is 2.86. The summed E-state index contributed by atoms with van der Waals surface area (Å²) in [7, 11) is 0. The Balaban J connectivity index is 1.52. The van der Waals surface area contributed by atoms with Gasteiger partial charge in [0.05, 0.1) is 0 Å². The lowest BCUT2D eigenvalue weighted by molar-refractivity contribution is -0.121. The fraction of sp³-hybridized carbons (Fsp3) is 0.522. The molecule has 2 saturated carbocycles. The second-order valence-electron chi connectivity index (χ2n) is 8.47. The number of carbonyl (C=O) groups is 1. The summed E-state index contributed by atoms with van der Waals surface area (Å²) in [6, 6.07) is 12.9. The van der Waals surface area contributed by atoms with Crippen LogP contribution in [0.2, 0.25) is 0 Å². The molecule has 3 unspecified atom stereocenters. The summed E-state index contributed by atoms with van der Waals surface area (Å²) in [5.41, 5.74) is 1.16. The smallest absolute Gasteiger partial charge is 0.133 e. The van der Waals surface area contributed by atoms with E-state index in [4.69, 9.17) is 4.74 Å². The molecule has 2 aliphatic rings. The number of Topliss-reactive ketones (excluding diaryl/α,β-unsaturated/α-hetero) is 1. The summed E-state index contributed by atoms with van der Waals surface area (Å²) in [6.45, 7) is 8.28. The Labute approximate surface area is 150 Å². The van der Waals surface area contributed by atoms with Crippen molar-refractivity contribution in [3.63, 3.8) is 0 Å². The highest BCUT2D eigenvalue weighted by Crippen LogP contribution is 2.65. The highest BCUT2D eigenvalue weighted by atomic mass is 16.5. The molecule has 2 nitrogen and oxygen atoms in total. The van der Waals surface area contributed by atoms with Gasteiger partial charge in [-0.3, -0.25) is 4.79 Å². The molecule has 0 spiro atoms. The van der Waals surface area contributed by atoms with E-state index in [0.29, 0.717) is 23.5 Å². The van der Waals surface area contributed by atoms with Gasteiger partial charge in [0.2, 0.25) is 0 Å². The molecule has 0 aliphatic heterocycles. The Bertz CT molecular complexity index is 810. The van der Waals surface area contributed by atoms with E-state index in [1.54, 1.807) is 6.92 Å². The molecule has 0 radical (unpaired) electrons. The van der Waals surface area contributed by atoms with Crippen molar-refractivity contribution in [2.45, 2.75) is 52.6 Å². The summed E-state index contributed by atoms with van der Waals surface area (Å²) < 4.78 is 6.57. The van der Waals surface area contributed by atoms with Crippen molar-refractivity contribution in [1.82, 2.24) is 0 Å². The Morgan fingerprint density at radius 3 is 2.60 bits per heavy atom. The molecule has 2 aromatic carbocycles. The first-order chi connectivity index (χ1) is 11.9. The van der Waals surface area contributed by atoms with Gasteiger partial charge in [-0.05, 0) is 75.3 Å². The zero-order chi connectivity index (χ0) is 17.8. The van der Waals surface area contributed by atoms with Gasteiger partial charge in [-0.15, -0.1) is 0 Å². The Morgan fingerprint density at radius 2 is 1.96 bits per heavy atom. The zero-order valence-electron chi connectivity index (χ0n) is 15.7. The molecule has 2 aliphatic carbocycles. The first kappa shape index (κ1) is 16.6. The van der Waals surface area contributed by atoms with Gasteiger partial charge in [0.25, 0.3) is 0 Å². The molecular weight excluding hydrogens is 308 g/mol. The fourth-order valence-electron chi connectivity index (χ4n) is 5.35. The number of benzene rings is 2. The largest absolute Gasteiger partial charge is 0.487 e. The lowest BCUT2D eigenvalue weighted by Crippen LogP contribution is -2.32. The van der Waals surface area contributed by atoms with Crippen LogP contribution in [0.3, 0.4) is 0 Å². The number of fused-ring (bicyclic) bond motifs is 2. The molecule has 132 valence electrons. The van der Waals surface area contributed by atoms with Crippen molar-refractivity contribution in [3.05, 3.63) is 42.0 Å². The molecule has 0 aromatic heterocycles. The fourth-order valence-corrected chi connectivity index (χ4v) is 5.35. The highest BCUT2D eigenvalue weighted by Gasteiger charge is 2.63. The number of ketones is 1. The topological polar surface area (TPSA) is 26.3 Å². The van der Waals surface area contributed by atoms with Crippen LogP contribution in [-0.4, -0.2) is 11.4 Å². The molecule has 2 aromatic rings. The summed E-state index contributed by atoms with van der Waals surface area (Å²) >= 11 is 0. The Kier molecular flexibility index (Phi) is 3.90. The average molecular weight is 336 g/mol. The third-order valence-corrected chi connectivity index (χ3v) is 6.51. The van der Waals surface area contributed by atoms with Gasteiger partial charge in [0, 0.05) is 11.3 Å². The van der Waals surface area contributed by atoms with E-state index in [1.807, 2.05) is 0 Å². The van der Waals surface area contributed by atoms with Crippen LogP contribution in [0.25, 0.3) is 10.8 Å². The molecule has 2 fully saturated rings. The number of rotatable bonds is 5. The van der Waals surface area contributed by atoms with Crippen molar-refractivity contribution in [2.75, 3.05) is 0 Å². The van der Waals surface area contributed by atoms with Crippen LogP contribution in [0.1, 0.15) is 45.6 Å². The second kappa shape index (κ2) is 5.86. The van der Waals surface area contributed by atoms with Crippen molar-refractivity contribution in [3.8, 4) is 5.75 Å². The van der Waals surface area contributed by atoms with E-state index in [-0.39, 0.29) is 11.5 Å². The van der Waals surface area contributed by atoms with E-state index < -0.39 is 0 Å². The third-order valence-electron chi connectivity index (χ3n) is 6.51. The average Bonchev–Trinajstić information content (AvgIpc) is 3.05. The van der Waals surface area contributed by atoms with Gasteiger partial charge in [0.1, 0.15) is 17.1 Å². The minimum absolute atomic E-state index is 0.0983. The number of carbonyl (C=O) groups excluding carboxylic acids is 1. The number of hydrogen-bond acceptors (Lipinski definition) is 2. The van der Waals surface area contributed by atoms with E-state index in [9.17, 15) is 4.79 Å². The van der Waals surface area contributed by atoms with Crippen LogP contribution in [0, 0.1) is 30.6 Å². The molecule has 25 heavy (non-hydrogen) atoms. The van der Waals surface area contributed by atoms with Gasteiger partial charge < -0.3 is 4.74 Å². The lowest BCUT2D eigenvalue weighted by Gasteiger charge is -2.30. The molecule has 0 bridgehead atoms. The van der Waals surface area contributed by atoms with Gasteiger partial charge in [-0.2, -0.15) is 0 Å². The summed E-state index contributed by atoms with van der Waals surface area (Å²) in [5, 5.41) is 2.44. The van der Waals surface area contributed by atoms with Crippen LogP contribution in [0.4, 0.5) is 0 Å². The van der Waals surface area contributed by atoms with Gasteiger partial charge >= 0.3 is 0 Å². The molecule has 0 saturated heterocycles. The highest BCUT2D eigenvalue weighted by molar-refractivity contribution is 5.89. The number of ether oxygens (including phenoxy) is 1. The molecular formula is C23H28O2. The monoisotopic (exact) mass is 336 g/mol. The first-order valence-corrected chi connectivity index (χ1v) is 9.61. The molecule has 0 heterocycles. The van der Waals surface area contributed by atoms with Crippen LogP contribution in [-0.2, 0) is 4.79 Å². The normalized spacial score (nSPS) is 31.6. The van der Waals surface area contributed by atoms with Crippen molar-refractivity contribution >= 4 is 16.6 Å². The van der Waals surface area contributed by atoms with E-state index in [0.717, 1.165) is 25.0 Å². The van der Waals surface area contributed by atoms with E-state index in [2.05, 4.69) is 57.2 Å². The van der Waals surface area contributed by atoms with Crippen molar-refractivity contribution in [2.24, 2.45) is 23.7 Å². The van der Waals surface area contributed by atoms with E-state index >= 15 is 0 Å². The number of hydrogen-bond donors (Lipinski definition) is 0. The zero-order valence-corrected chi connectivity index (χ0v) is 15.7. The van der Waals surface area contributed by atoms with Crippen LogP contribution in [0.5, 0.6) is 5.75 Å². The van der Waals surface area contributed by atoms with Gasteiger partial charge in [0.15, 0.2) is 0 Å². The number of aryl methyl sites for hydroxylation is 1. The predicted octanol–water partition coefficient (Wildman–Crippen LogP) is 5.56. The van der Waals surface area contributed by atoms with Gasteiger partial charge in [-0.25, -0.2) is 0 Å². The summed E-state index contributed by atoms with van der Waals surface area (Å²) in [6.07, 6.45) is 3.13. The Hall–Kier alpha value is -1.83. The SMILES string of the molecule is CCC(C(C)=O)C1[C@H]2CC(C)(Oc3cccc4ccc(C)cc34)C[C@@H]12. The van der Waals surface area contributed by atoms with Crippen molar-refractivity contribution in [1.29, 1.82) is 0 Å². The quantitative estimate of drug-likeness (QED) is 0.715. The summed E-state index contributed by atoms with van der Waals surface area (Å²) in [4.78, 5) is 11.9. The van der Waals surface area contributed by atoms with Crippen LogP contribution < -0.4 is 4.74 Å². The first-order valence-electron chi connectivity index (χ1n) is 9.61. The maximum Gasteiger partial charge on any atom is 0.133 e. The maximum atomic E-state index is 11.9. The van der Waals surface area contributed by atoms with Crippen LogP contribution >= 0.6 is 0 Å². The molecule has 4 rings (SSSR count). The standard InChI is InChI=1S/C23H28O2/c1-5-17(15(3)24)22-19-12-23(4,13-20(19)22)25-21-8-6-7-16-10-9-14(2)11-18(16)21/h6-11,17,19-20,22H,5,12-13H2,1-4H3/t17?,19-,20+,22?,23?. The molecule has 0 N–H and O–H groups in total. The van der Waals surface area contributed by atoms with Crippen LogP contribution in [0.15, 0.2) is 36.4 Å². The molecule has 2 heteroatoms. The molecule has 0 amide bonds. The second-order valence-corrected chi connectivity index (χ2v) is 8.47. The predicted molar refractivity (Wildman–Crippen MR) is 102 cm³/mol. The minimum atomic E-state index is -0.0983. The maximum absolute atomic E-state index is 11.9.